The highest BCUT2D eigenvalue weighted by Gasteiger charge is 2.27. The van der Waals surface area contributed by atoms with E-state index in [9.17, 15) is 4.79 Å². The first-order valence-corrected chi connectivity index (χ1v) is 7.93. The third-order valence-corrected chi connectivity index (χ3v) is 4.17. The van der Waals surface area contributed by atoms with Gasteiger partial charge in [0, 0.05) is 24.3 Å². The normalized spacial score (nSPS) is 13.2. The maximum Gasteiger partial charge on any atom is 0.227 e. The van der Waals surface area contributed by atoms with Gasteiger partial charge in [-0.25, -0.2) is 0 Å². The van der Waals surface area contributed by atoms with Crippen molar-refractivity contribution in [2.24, 2.45) is 5.92 Å². The van der Waals surface area contributed by atoms with Crippen molar-refractivity contribution in [1.82, 2.24) is 0 Å². The zero-order valence-electron chi connectivity index (χ0n) is 13.2. The number of carbonyl (C=O) groups excluding carboxylic acids is 1. The molecule has 0 unspecified atom stereocenters. The number of halogens is 1. The molecular weight excluding hydrogens is 308 g/mol. The molecule has 0 bridgehead atoms. The van der Waals surface area contributed by atoms with Crippen LogP contribution in [0, 0.1) is 5.92 Å². The summed E-state index contributed by atoms with van der Waals surface area (Å²) in [5, 5.41) is 0. The van der Waals surface area contributed by atoms with Gasteiger partial charge in [0.25, 0.3) is 0 Å². The Morgan fingerprint density at radius 1 is 1.04 bits per heavy atom. The topological polar surface area (TPSA) is 46.3 Å². The Morgan fingerprint density at radius 3 is 2.35 bits per heavy atom. The first-order valence-electron chi connectivity index (χ1n) is 7.93. The minimum absolute atomic E-state index is 0. The predicted molar refractivity (Wildman–Crippen MR) is 97.9 cm³/mol. The molecule has 0 radical (unpaired) electrons. The summed E-state index contributed by atoms with van der Waals surface area (Å²) in [7, 11) is 0. The van der Waals surface area contributed by atoms with Crippen molar-refractivity contribution in [2.75, 3.05) is 17.2 Å². The smallest absolute Gasteiger partial charge is 0.227 e. The molecule has 0 aliphatic heterocycles. The summed E-state index contributed by atoms with van der Waals surface area (Å²) in [6.07, 6.45) is 3.67. The number of hydrogen-bond donors (Lipinski definition) is 1. The molecule has 2 aromatic rings. The number of para-hydroxylation sites is 2. The van der Waals surface area contributed by atoms with E-state index in [2.05, 4.69) is 0 Å². The molecule has 0 heterocycles. The van der Waals surface area contributed by atoms with Crippen LogP contribution in [0.3, 0.4) is 0 Å². The van der Waals surface area contributed by atoms with E-state index in [0.717, 1.165) is 23.5 Å². The first kappa shape index (κ1) is 17.4. The summed E-state index contributed by atoms with van der Waals surface area (Å²) >= 11 is 0. The van der Waals surface area contributed by atoms with Crippen molar-refractivity contribution in [3.05, 3.63) is 60.2 Å². The first-order chi connectivity index (χ1) is 10.7. The Hall–Kier alpha value is -2.00. The van der Waals surface area contributed by atoms with Crippen LogP contribution in [0.5, 0.6) is 0 Å². The van der Waals surface area contributed by atoms with Crippen molar-refractivity contribution in [3.63, 3.8) is 0 Å². The van der Waals surface area contributed by atoms with E-state index in [1.165, 1.54) is 12.8 Å². The highest BCUT2D eigenvalue weighted by Crippen LogP contribution is 2.31. The summed E-state index contributed by atoms with van der Waals surface area (Å²) < 4.78 is 0. The van der Waals surface area contributed by atoms with Crippen LogP contribution in [-0.2, 0) is 11.2 Å². The van der Waals surface area contributed by atoms with Gasteiger partial charge in [-0.1, -0.05) is 36.4 Å². The van der Waals surface area contributed by atoms with Crippen molar-refractivity contribution < 1.29 is 4.79 Å². The standard InChI is InChI=1S/C19H22N2O.ClH/c20-18-9-5-4-6-16(18)12-13-19(22)21(14-15-10-11-15)17-7-2-1-3-8-17;/h1-9,15H,10-14,20H2;1H. The van der Waals surface area contributed by atoms with Crippen molar-refractivity contribution >= 4 is 29.7 Å². The molecule has 1 aliphatic carbocycles. The Labute approximate surface area is 143 Å². The van der Waals surface area contributed by atoms with Gasteiger partial charge in [-0.15, -0.1) is 12.4 Å². The van der Waals surface area contributed by atoms with Crippen molar-refractivity contribution in [1.29, 1.82) is 0 Å². The Morgan fingerprint density at radius 2 is 1.70 bits per heavy atom. The van der Waals surface area contributed by atoms with Crippen molar-refractivity contribution in [3.8, 4) is 0 Å². The number of hydrogen-bond acceptors (Lipinski definition) is 2. The molecule has 3 rings (SSSR count). The second kappa shape index (κ2) is 8.02. The Kier molecular flexibility index (Phi) is 6.05. The Bertz CT molecular complexity index is 641. The predicted octanol–water partition coefficient (Wildman–Crippen LogP) is 4.07. The minimum Gasteiger partial charge on any atom is -0.399 e. The lowest BCUT2D eigenvalue weighted by Crippen LogP contribution is -2.33. The molecule has 122 valence electrons. The molecule has 1 saturated carbocycles. The average molecular weight is 331 g/mol. The molecule has 23 heavy (non-hydrogen) atoms. The molecule has 0 spiro atoms. The largest absolute Gasteiger partial charge is 0.399 e. The summed E-state index contributed by atoms with van der Waals surface area (Å²) in [5.74, 6) is 0.854. The summed E-state index contributed by atoms with van der Waals surface area (Å²) in [5.41, 5.74) is 8.78. The lowest BCUT2D eigenvalue weighted by atomic mass is 10.1. The van der Waals surface area contributed by atoms with Gasteiger partial charge >= 0.3 is 0 Å². The number of anilines is 2. The van der Waals surface area contributed by atoms with Gasteiger partial charge in [-0.3, -0.25) is 4.79 Å². The van der Waals surface area contributed by atoms with Gasteiger partial charge in [0.1, 0.15) is 0 Å². The number of nitrogens with zero attached hydrogens (tertiary/aromatic N) is 1. The zero-order valence-corrected chi connectivity index (χ0v) is 14.0. The zero-order chi connectivity index (χ0) is 15.4. The minimum atomic E-state index is 0. The van der Waals surface area contributed by atoms with Crippen molar-refractivity contribution in [2.45, 2.75) is 25.7 Å². The molecule has 2 aromatic carbocycles. The molecule has 0 aromatic heterocycles. The van der Waals surface area contributed by atoms with Crippen LogP contribution < -0.4 is 10.6 Å². The van der Waals surface area contributed by atoms with Crippen LogP contribution in [0.15, 0.2) is 54.6 Å². The molecule has 4 heteroatoms. The highest BCUT2D eigenvalue weighted by molar-refractivity contribution is 5.93. The summed E-state index contributed by atoms with van der Waals surface area (Å²) in [6, 6.07) is 17.7. The van der Waals surface area contributed by atoms with Crippen LogP contribution in [0.25, 0.3) is 0 Å². The summed E-state index contributed by atoms with van der Waals surface area (Å²) in [6.45, 7) is 0.840. The fourth-order valence-corrected chi connectivity index (χ4v) is 2.66. The average Bonchev–Trinajstić information content (AvgIpc) is 3.36. The molecule has 0 saturated heterocycles. The number of amides is 1. The Balaban J connectivity index is 0.00000192. The third kappa shape index (κ3) is 4.73. The van der Waals surface area contributed by atoms with E-state index in [-0.39, 0.29) is 18.3 Å². The van der Waals surface area contributed by atoms with E-state index < -0.39 is 0 Å². The van der Waals surface area contributed by atoms with Crippen LogP contribution in [0.2, 0.25) is 0 Å². The quantitative estimate of drug-likeness (QED) is 0.812. The highest BCUT2D eigenvalue weighted by atomic mass is 35.5. The molecule has 1 fully saturated rings. The van der Waals surface area contributed by atoms with Crippen LogP contribution in [0.1, 0.15) is 24.8 Å². The fourth-order valence-electron chi connectivity index (χ4n) is 2.66. The number of aryl methyl sites for hydroxylation is 1. The number of rotatable bonds is 6. The van der Waals surface area contributed by atoms with Crippen LogP contribution in [-0.4, -0.2) is 12.5 Å². The van der Waals surface area contributed by atoms with E-state index in [1.54, 1.807) is 0 Å². The third-order valence-electron chi connectivity index (χ3n) is 4.17. The second-order valence-corrected chi connectivity index (χ2v) is 5.98. The van der Waals surface area contributed by atoms with E-state index in [0.29, 0.717) is 18.8 Å². The molecule has 1 amide bonds. The van der Waals surface area contributed by atoms with E-state index in [1.807, 2.05) is 59.5 Å². The SMILES string of the molecule is Cl.Nc1ccccc1CCC(=O)N(CC1CC1)c1ccccc1. The lowest BCUT2D eigenvalue weighted by Gasteiger charge is -2.23. The number of benzene rings is 2. The van der Waals surface area contributed by atoms with Gasteiger partial charge in [-0.05, 0) is 48.9 Å². The van der Waals surface area contributed by atoms with Gasteiger partial charge in [-0.2, -0.15) is 0 Å². The van der Waals surface area contributed by atoms with Gasteiger partial charge in [0.2, 0.25) is 5.91 Å². The van der Waals surface area contributed by atoms with Gasteiger partial charge in [0.15, 0.2) is 0 Å². The van der Waals surface area contributed by atoms with Crippen LogP contribution in [0.4, 0.5) is 11.4 Å². The number of nitrogen functional groups attached to an aromatic ring is 1. The second-order valence-electron chi connectivity index (χ2n) is 5.98. The fraction of sp³-hybridized carbons (Fsp3) is 0.316. The maximum atomic E-state index is 12.7. The number of nitrogens with two attached hydrogens (primary N) is 1. The summed E-state index contributed by atoms with van der Waals surface area (Å²) in [4.78, 5) is 14.6. The van der Waals surface area contributed by atoms with E-state index in [4.69, 9.17) is 5.73 Å². The molecule has 0 atom stereocenters. The molecule has 1 aliphatic rings. The monoisotopic (exact) mass is 330 g/mol. The van der Waals surface area contributed by atoms with Gasteiger partial charge < -0.3 is 10.6 Å². The number of carbonyl (C=O) groups is 1. The van der Waals surface area contributed by atoms with Gasteiger partial charge in [0.05, 0.1) is 0 Å². The van der Waals surface area contributed by atoms with Crippen LogP contribution >= 0.6 is 12.4 Å². The molecule has 2 N–H and O–H groups in total. The molecule has 3 nitrogen and oxygen atoms in total. The van der Waals surface area contributed by atoms with E-state index >= 15 is 0 Å². The lowest BCUT2D eigenvalue weighted by molar-refractivity contribution is -0.118. The molecular formula is C19H23ClN2O. The maximum absolute atomic E-state index is 12.7.